The van der Waals surface area contributed by atoms with E-state index in [1.54, 1.807) is 0 Å². The second-order valence-corrected chi connectivity index (χ2v) is 2.31. The number of hydrogen-bond donors (Lipinski definition) is 2. The normalized spacial score (nSPS) is 9.62. The number of carbonyl (C=O) groups is 1. The third kappa shape index (κ3) is 2.29. The molecule has 1 aromatic rings. The summed E-state index contributed by atoms with van der Waals surface area (Å²) >= 11 is 0. The summed E-state index contributed by atoms with van der Waals surface area (Å²) in [5.74, 6) is -0.753. The minimum Gasteiger partial charge on any atom is -0.480 e. The van der Waals surface area contributed by atoms with Gasteiger partial charge in [0.25, 0.3) is 0 Å². The molecule has 0 bridgehead atoms. The summed E-state index contributed by atoms with van der Waals surface area (Å²) in [7, 11) is 1.43. The van der Waals surface area contributed by atoms with E-state index in [4.69, 9.17) is 15.3 Å². The zero-order chi connectivity index (χ0) is 9.84. The predicted octanol–water partition coefficient (Wildman–Crippen LogP) is -0.544. The first-order valence-corrected chi connectivity index (χ1v) is 3.52. The van der Waals surface area contributed by atoms with Gasteiger partial charge in [0.15, 0.2) is 0 Å². The van der Waals surface area contributed by atoms with Crippen molar-refractivity contribution in [2.45, 2.75) is 6.54 Å². The first kappa shape index (κ1) is 9.24. The molecule has 0 unspecified atom stereocenters. The van der Waals surface area contributed by atoms with Crippen molar-refractivity contribution >= 4 is 5.97 Å². The van der Waals surface area contributed by atoms with E-state index >= 15 is 0 Å². The number of rotatable bonds is 3. The third-order valence-corrected chi connectivity index (χ3v) is 1.38. The van der Waals surface area contributed by atoms with Gasteiger partial charge in [-0.3, -0.25) is 10.2 Å². The quantitative estimate of drug-likeness (QED) is 0.658. The van der Waals surface area contributed by atoms with Gasteiger partial charge in [-0.25, -0.2) is 4.68 Å². The van der Waals surface area contributed by atoms with Crippen molar-refractivity contribution in [2.75, 3.05) is 7.11 Å². The van der Waals surface area contributed by atoms with Crippen molar-refractivity contribution in [2.24, 2.45) is 0 Å². The highest BCUT2D eigenvalue weighted by Crippen LogP contribution is 1.98. The minimum absolute atomic E-state index is 0.0307. The second kappa shape index (κ2) is 3.70. The average molecular weight is 183 g/mol. The molecule has 1 rings (SSSR count). The van der Waals surface area contributed by atoms with Gasteiger partial charge in [0, 0.05) is 6.07 Å². The Hall–Kier alpha value is -1.85. The zero-order valence-corrected chi connectivity index (χ0v) is 7.02. The summed E-state index contributed by atoms with van der Waals surface area (Å²) in [5, 5.41) is 19.5. The fraction of sp³-hybridized carbons (Fsp3) is 0.286. The van der Waals surface area contributed by atoms with Crippen LogP contribution in [0.1, 0.15) is 0 Å². The van der Waals surface area contributed by atoms with Crippen molar-refractivity contribution in [3.63, 3.8) is 0 Å². The van der Waals surface area contributed by atoms with Crippen LogP contribution in [0.5, 0.6) is 5.88 Å². The molecule has 0 radical (unpaired) electrons. The summed E-state index contributed by atoms with van der Waals surface area (Å²) in [4.78, 5) is 10.3. The molecule has 0 aromatic carbocycles. The number of nitrogens with one attached hydrogen (secondary N) is 1. The fourth-order valence-corrected chi connectivity index (χ4v) is 0.800. The Kier molecular flexibility index (Phi) is 2.63. The highest BCUT2D eigenvalue weighted by atomic mass is 16.5. The van der Waals surface area contributed by atoms with Gasteiger partial charge in [0.1, 0.15) is 12.0 Å². The lowest BCUT2D eigenvalue weighted by atomic mass is 10.5. The number of ether oxygens (including phenoxy) is 1. The van der Waals surface area contributed by atoms with Crippen LogP contribution in [0.3, 0.4) is 0 Å². The van der Waals surface area contributed by atoms with Crippen LogP contribution in [0.4, 0.5) is 0 Å². The van der Waals surface area contributed by atoms with Crippen LogP contribution in [-0.4, -0.2) is 28.0 Å². The number of methoxy groups -OCH3 is 1. The van der Waals surface area contributed by atoms with E-state index in [0.29, 0.717) is 0 Å². The van der Waals surface area contributed by atoms with E-state index in [9.17, 15) is 4.79 Å². The van der Waals surface area contributed by atoms with Crippen LogP contribution in [0, 0.1) is 5.41 Å². The standard InChI is InChI=1S/C7H9N3O3/c1-13-6-3-2-5(8)10(9-6)4-7(11)12/h2-3,8H,4H2,1H3,(H,11,12). The molecule has 0 saturated carbocycles. The van der Waals surface area contributed by atoms with Gasteiger partial charge in [-0.05, 0) is 6.07 Å². The predicted molar refractivity (Wildman–Crippen MR) is 42.3 cm³/mol. The summed E-state index contributed by atoms with van der Waals surface area (Å²) in [6, 6.07) is 2.93. The summed E-state index contributed by atoms with van der Waals surface area (Å²) < 4.78 is 5.83. The maximum Gasteiger partial charge on any atom is 0.325 e. The summed E-state index contributed by atoms with van der Waals surface area (Å²) in [5.41, 5.74) is 0.0307. The molecule has 13 heavy (non-hydrogen) atoms. The first-order valence-electron chi connectivity index (χ1n) is 3.52. The van der Waals surface area contributed by atoms with Gasteiger partial charge in [-0.1, -0.05) is 0 Å². The molecule has 0 aliphatic rings. The summed E-state index contributed by atoms with van der Waals surface area (Å²) in [6.07, 6.45) is 0. The number of aromatic nitrogens is 2. The highest BCUT2D eigenvalue weighted by Gasteiger charge is 2.02. The van der Waals surface area contributed by atoms with Gasteiger partial charge in [-0.2, -0.15) is 0 Å². The Morgan fingerprint density at radius 2 is 2.46 bits per heavy atom. The van der Waals surface area contributed by atoms with Crippen molar-refractivity contribution in [3.8, 4) is 5.88 Å². The highest BCUT2D eigenvalue weighted by molar-refractivity contribution is 5.66. The van der Waals surface area contributed by atoms with Crippen molar-refractivity contribution < 1.29 is 14.6 Å². The maximum atomic E-state index is 10.3. The Labute approximate surface area is 73.9 Å². The zero-order valence-electron chi connectivity index (χ0n) is 7.02. The van der Waals surface area contributed by atoms with E-state index in [1.807, 2.05) is 0 Å². The molecular formula is C7H9N3O3. The van der Waals surface area contributed by atoms with Crippen LogP contribution < -0.4 is 10.2 Å². The summed E-state index contributed by atoms with van der Waals surface area (Å²) in [6.45, 7) is -0.337. The number of nitrogens with zero attached hydrogens (tertiary/aromatic N) is 2. The molecule has 0 amide bonds. The molecule has 1 heterocycles. The molecule has 1 aromatic heterocycles. The third-order valence-electron chi connectivity index (χ3n) is 1.38. The minimum atomic E-state index is -1.04. The fourth-order valence-electron chi connectivity index (χ4n) is 0.800. The Morgan fingerprint density at radius 1 is 1.77 bits per heavy atom. The number of hydrogen-bond acceptors (Lipinski definition) is 4. The lowest BCUT2D eigenvalue weighted by molar-refractivity contribution is -0.138. The van der Waals surface area contributed by atoms with Gasteiger partial charge in [0.2, 0.25) is 5.88 Å². The van der Waals surface area contributed by atoms with E-state index in [1.165, 1.54) is 19.2 Å². The van der Waals surface area contributed by atoms with Crippen LogP contribution >= 0.6 is 0 Å². The number of carboxylic acid groups (broad SMARTS) is 1. The van der Waals surface area contributed by atoms with Crippen molar-refractivity contribution in [3.05, 3.63) is 17.6 Å². The molecule has 2 N–H and O–H groups in total. The van der Waals surface area contributed by atoms with E-state index in [0.717, 1.165) is 4.68 Å². The van der Waals surface area contributed by atoms with E-state index in [-0.39, 0.29) is 17.9 Å². The largest absolute Gasteiger partial charge is 0.480 e. The lowest BCUT2D eigenvalue weighted by Gasteiger charge is -2.03. The SMILES string of the molecule is COc1ccc(=N)n(CC(=O)O)n1. The van der Waals surface area contributed by atoms with Crippen LogP contribution in [0.2, 0.25) is 0 Å². The van der Waals surface area contributed by atoms with Crippen LogP contribution in [0.25, 0.3) is 0 Å². The van der Waals surface area contributed by atoms with E-state index < -0.39 is 5.97 Å². The molecule has 70 valence electrons. The molecular weight excluding hydrogens is 174 g/mol. The second-order valence-electron chi connectivity index (χ2n) is 2.31. The number of carboxylic acids is 1. The molecule has 0 atom stereocenters. The van der Waals surface area contributed by atoms with Gasteiger partial charge in [0.05, 0.1) is 7.11 Å². The molecule has 0 aliphatic heterocycles. The van der Waals surface area contributed by atoms with E-state index in [2.05, 4.69) is 5.10 Å². The van der Waals surface area contributed by atoms with Gasteiger partial charge < -0.3 is 9.84 Å². The molecule has 0 fully saturated rings. The Morgan fingerprint density at radius 3 is 3.00 bits per heavy atom. The van der Waals surface area contributed by atoms with Crippen LogP contribution in [-0.2, 0) is 11.3 Å². The van der Waals surface area contributed by atoms with Crippen molar-refractivity contribution in [1.29, 1.82) is 5.41 Å². The average Bonchev–Trinajstić information content (AvgIpc) is 2.08. The maximum absolute atomic E-state index is 10.3. The lowest BCUT2D eigenvalue weighted by Crippen LogP contribution is -2.26. The molecule has 0 aliphatic carbocycles. The van der Waals surface area contributed by atoms with Gasteiger partial charge >= 0.3 is 5.97 Å². The Bertz CT molecular complexity index is 371. The topological polar surface area (TPSA) is 88.2 Å². The molecule has 6 nitrogen and oxygen atoms in total. The van der Waals surface area contributed by atoms with Crippen molar-refractivity contribution in [1.82, 2.24) is 9.78 Å². The Balaban J connectivity index is 3.04. The molecule has 6 heteroatoms. The number of aliphatic carboxylic acids is 1. The van der Waals surface area contributed by atoms with Gasteiger partial charge in [-0.15, -0.1) is 5.10 Å². The molecule has 0 spiro atoms. The smallest absolute Gasteiger partial charge is 0.325 e. The van der Waals surface area contributed by atoms with Crippen LogP contribution in [0.15, 0.2) is 12.1 Å². The molecule has 0 saturated heterocycles. The first-order chi connectivity index (χ1) is 6.13. The monoisotopic (exact) mass is 183 g/mol.